The van der Waals surface area contributed by atoms with Crippen molar-refractivity contribution in [3.8, 4) is 5.75 Å². The number of ether oxygens (including phenoxy) is 3. The summed E-state index contributed by atoms with van der Waals surface area (Å²) in [4.78, 5) is 0. The van der Waals surface area contributed by atoms with E-state index < -0.39 is 0 Å². The van der Waals surface area contributed by atoms with E-state index >= 15 is 0 Å². The van der Waals surface area contributed by atoms with E-state index in [0.29, 0.717) is 11.6 Å². The van der Waals surface area contributed by atoms with Crippen LogP contribution in [0.4, 0.5) is 0 Å². The Morgan fingerprint density at radius 3 is 3.00 bits per heavy atom. The maximum absolute atomic E-state index is 6.09. The zero-order chi connectivity index (χ0) is 12.1. The third-order valence-electron chi connectivity index (χ3n) is 2.82. The molecular formula is C13H17ClO3. The van der Waals surface area contributed by atoms with Gasteiger partial charge in [0.1, 0.15) is 5.75 Å². The minimum Gasteiger partial charge on any atom is -0.497 e. The molecule has 17 heavy (non-hydrogen) atoms. The van der Waals surface area contributed by atoms with Crippen molar-refractivity contribution in [2.24, 2.45) is 0 Å². The minimum absolute atomic E-state index is 0.0917. The lowest BCUT2D eigenvalue weighted by atomic mass is 10.2. The van der Waals surface area contributed by atoms with Crippen molar-refractivity contribution in [1.29, 1.82) is 0 Å². The van der Waals surface area contributed by atoms with Gasteiger partial charge in [0.25, 0.3) is 0 Å². The number of hydrogen-bond acceptors (Lipinski definition) is 3. The van der Waals surface area contributed by atoms with Gasteiger partial charge in [-0.05, 0) is 37.5 Å². The Morgan fingerprint density at radius 1 is 1.41 bits per heavy atom. The summed E-state index contributed by atoms with van der Waals surface area (Å²) < 4.78 is 16.3. The second-order valence-electron chi connectivity index (χ2n) is 4.06. The van der Waals surface area contributed by atoms with E-state index in [-0.39, 0.29) is 6.29 Å². The molecule has 1 saturated heterocycles. The Hall–Kier alpha value is -0.770. The maximum Gasteiger partial charge on any atom is 0.158 e. The van der Waals surface area contributed by atoms with E-state index in [0.717, 1.165) is 37.2 Å². The molecule has 4 heteroatoms. The van der Waals surface area contributed by atoms with Crippen LogP contribution in [0.5, 0.6) is 5.75 Å². The molecule has 1 aromatic carbocycles. The highest BCUT2D eigenvalue weighted by atomic mass is 35.5. The third-order valence-corrected chi connectivity index (χ3v) is 3.18. The van der Waals surface area contributed by atoms with Crippen LogP contribution in [0.1, 0.15) is 24.8 Å². The van der Waals surface area contributed by atoms with Gasteiger partial charge in [0.05, 0.1) is 13.7 Å². The Bertz CT molecular complexity index is 362. The van der Waals surface area contributed by atoms with E-state index in [9.17, 15) is 0 Å². The first-order valence-electron chi connectivity index (χ1n) is 5.85. The largest absolute Gasteiger partial charge is 0.497 e. The van der Waals surface area contributed by atoms with Crippen molar-refractivity contribution in [2.75, 3.05) is 13.7 Å². The van der Waals surface area contributed by atoms with Gasteiger partial charge >= 0.3 is 0 Å². The predicted molar refractivity (Wildman–Crippen MR) is 66.4 cm³/mol. The van der Waals surface area contributed by atoms with E-state index in [2.05, 4.69) is 0 Å². The normalized spacial score (nSPS) is 20.2. The molecule has 0 bridgehead atoms. The fourth-order valence-corrected chi connectivity index (χ4v) is 1.99. The number of hydrogen-bond donors (Lipinski definition) is 0. The lowest BCUT2D eigenvalue weighted by Gasteiger charge is -2.23. The number of halogens is 1. The molecule has 0 amide bonds. The fourth-order valence-electron chi connectivity index (χ4n) is 1.81. The average Bonchev–Trinajstić information content (AvgIpc) is 2.39. The van der Waals surface area contributed by atoms with Gasteiger partial charge in [-0.3, -0.25) is 0 Å². The summed E-state index contributed by atoms with van der Waals surface area (Å²) in [5, 5.41) is 0.696. The summed E-state index contributed by atoms with van der Waals surface area (Å²) in [5.74, 6) is 0.789. The summed E-state index contributed by atoms with van der Waals surface area (Å²) >= 11 is 6.09. The first kappa shape index (κ1) is 12.7. The van der Waals surface area contributed by atoms with Crippen LogP contribution in [0.3, 0.4) is 0 Å². The number of benzene rings is 1. The topological polar surface area (TPSA) is 27.7 Å². The van der Waals surface area contributed by atoms with Crippen LogP contribution < -0.4 is 4.74 Å². The van der Waals surface area contributed by atoms with Gasteiger partial charge in [0.15, 0.2) is 6.29 Å². The van der Waals surface area contributed by atoms with Crippen LogP contribution in [0, 0.1) is 0 Å². The third kappa shape index (κ3) is 3.60. The van der Waals surface area contributed by atoms with Gasteiger partial charge in [-0.25, -0.2) is 0 Å². The molecule has 1 aromatic rings. The molecule has 1 aliphatic rings. The van der Waals surface area contributed by atoms with E-state index in [1.165, 1.54) is 0 Å². The van der Waals surface area contributed by atoms with Crippen LogP contribution in [-0.4, -0.2) is 20.0 Å². The van der Waals surface area contributed by atoms with Gasteiger partial charge in [0, 0.05) is 17.2 Å². The van der Waals surface area contributed by atoms with Gasteiger partial charge < -0.3 is 14.2 Å². The Kier molecular flexibility index (Phi) is 4.66. The number of methoxy groups -OCH3 is 1. The molecule has 1 aliphatic heterocycles. The summed E-state index contributed by atoms with van der Waals surface area (Å²) in [6, 6.07) is 5.55. The quantitative estimate of drug-likeness (QED) is 0.827. The zero-order valence-corrected chi connectivity index (χ0v) is 10.7. The summed E-state index contributed by atoms with van der Waals surface area (Å²) in [6.45, 7) is 1.25. The molecule has 0 spiro atoms. The van der Waals surface area contributed by atoms with Crippen LogP contribution in [0.15, 0.2) is 18.2 Å². The second kappa shape index (κ2) is 6.24. The minimum atomic E-state index is -0.0917. The van der Waals surface area contributed by atoms with Crippen molar-refractivity contribution >= 4 is 11.6 Å². The summed E-state index contributed by atoms with van der Waals surface area (Å²) in [6.07, 6.45) is 3.16. The molecular weight excluding hydrogens is 240 g/mol. The molecule has 2 rings (SSSR count). The van der Waals surface area contributed by atoms with Gasteiger partial charge in [-0.15, -0.1) is 0 Å². The standard InChI is InChI=1S/C13H17ClO3/c1-15-11-5-6-12(14)10(8-11)9-17-13-4-2-3-7-16-13/h5-6,8,13H,2-4,7,9H2,1H3. The molecule has 0 radical (unpaired) electrons. The molecule has 0 aliphatic carbocycles. The van der Waals surface area contributed by atoms with Gasteiger partial charge in [0.2, 0.25) is 0 Å². The highest BCUT2D eigenvalue weighted by molar-refractivity contribution is 6.31. The first-order chi connectivity index (χ1) is 8.29. The van der Waals surface area contributed by atoms with Crippen LogP contribution in [0.25, 0.3) is 0 Å². The first-order valence-corrected chi connectivity index (χ1v) is 6.23. The smallest absolute Gasteiger partial charge is 0.158 e. The fraction of sp³-hybridized carbons (Fsp3) is 0.538. The predicted octanol–water partition coefficient (Wildman–Crippen LogP) is 3.39. The molecule has 1 unspecified atom stereocenters. The monoisotopic (exact) mass is 256 g/mol. The van der Waals surface area contributed by atoms with E-state index in [4.69, 9.17) is 25.8 Å². The lowest BCUT2D eigenvalue weighted by Crippen LogP contribution is -2.22. The Balaban J connectivity index is 1.92. The molecule has 1 heterocycles. The SMILES string of the molecule is COc1ccc(Cl)c(COC2CCCCO2)c1. The Labute approximate surface area is 107 Å². The molecule has 94 valence electrons. The highest BCUT2D eigenvalue weighted by Crippen LogP contribution is 2.24. The van der Waals surface area contributed by atoms with Gasteiger partial charge in [-0.2, -0.15) is 0 Å². The van der Waals surface area contributed by atoms with Crippen LogP contribution in [0.2, 0.25) is 5.02 Å². The maximum atomic E-state index is 6.09. The highest BCUT2D eigenvalue weighted by Gasteiger charge is 2.14. The molecule has 1 fully saturated rings. The number of rotatable bonds is 4. The van der Waals surface area contributed by atoms with E-state index in [1.807, 2.05) is 18.2 Å². The van der Waals surface area contributed by atoms with Gasteiger partial charge in [-0.1, -0.05) is 11.6 Å². The molecule has 1 atom stereocenters. The van der Waals surface area contributed by atoms with Crippen molar-refractivity contribution in [2.45, 2.75) is 32.2 Å². The molecule has 0 N–H and O–H groups in total. The van der Waals surface area contributed by atoms with Crippen molar-refractivity contribution in [1.82, 2.24) is 0 Å². The molecule has 3 nitrogen and oxygen atoms in total. The van der Waals surface area contributed by atoms with Crippen molar-refractivity contribution in [3.05, 3.63) is 28.8 Å². The molecule has 0 aromatic heterocycles. The Morgan fingerprint density at radius 2 is 2.29 bits per heavy atom. The second-order valence-corrected chi connectivity index (χ2v) is 4.47. The van der Waals surface area contributed by atoms with Crippen molar-refractivity contribution in [3.63, 3.8) is 0 Å². The zero-order valence-electron chi connectivity index (χ0n) is 9.95. The average molecular weight is 257 g/mol. The van der Waals surface area contributed by atoms with E-state index in [1.54, 1.807) is 7.11 Å². The van der Waals surface area contributed by atoms with Crippen molar-refractivity contribution < 1.29 is 14.2 Å². The van der Waals surface area contributed by atoms with Crippen LogP contribution in [-0.2, 0) is 16.1 Å². The summed E-state index contributed by atoms with van der Waals surface area (Å²) in [7, 11) is 1.64. The van der Waals surface area contributed by atoms with Crippen LogP contribution >= 0.6 is 11.6 Å². The lowest BCUT2D eigenvalue weighted by molar-refractivity contribution is -0.168. The summed E-state index contributed by atoms with van der Waals surface area (Å²) in [5.41, 5.74) is 0.931. The molecule has 0 saturated carbocycles.